The Hall–Kier alpha value is -3.04. The van der Waals surface area contributed by atoms with Gasteiger partial charge in [-0.2, -0.15) is 10.4 Å². The zero-order valence-electron chi connectivity index (χ0n) is 14.8. The number of nitrogens with zero attached hydrogens (tertiary/aromatic N) is 4. The van der Waals surface area contributed by atoms with Crippen molar-refractivity contribution in [2.75, 3.05) is 10.6 Å². The summed E-state index contributed by atoms with van der Waals surface area (Å²) >= 11 is 6.28. The molecule has 132 valence electrons. The molecule has 0 amide bonds. The average molecular weight is 367 g/mol. The van der Waals surface area contributed by atoms with E-state index in [-0.39, 0.29) is 6.04 Å². The Morgan fingerprint density at radius 1 is 1.15 bits per heavy atom. The molecule has 3 aromatic rings. The van der Waals surface area contributed by atoms with Crippen molar-refractivity contribution in [2.45, 2.75) is 26.8 Å². The normalized spacial score (nSPS) is 10.6. The van der Waals surface area contributed by atoms with Gasteiger partial charge < -0.3 is 10.6 Å². The van der Waals surface area contributed by atoms with Crippen molar-refractivity contribution >= 4 is 34.6 Å². The van der Waals surface area contributed by atoms with Crippen molar-refractivity contribution in [3.8, 4) is 6.07 Å². The minimum atomic E-state index is 0.221. The molecule has 3 rings (SSSR count). The van der Waals surface area contributed by atoms with Gasteiger partial charge in [0.1, 0.15) is 17.7 Å². The Balaban J connectivity index is 1.90. The van der Waals surface area contributed by atoms with Crippen molar-refractivity contribution in [3.63, 3.8) is 0 Å². The summed E-state index contributed by atoms with van der Waals surface area (Å²) in [5.41, 5.74) is 2.83. The number of nitrogens with one attached hydrogen (secondary N) is 2. The number of aryl methyl sites for hydroxylation is 1. The Bertz CT molecular complexity index is 970. The van der Waals surface area contributed by atoms with Crippen LogP contribution >= 0.6 is 11.6 Å². The van der Waals surface area contributed by atoms with Gasteiger partial charge in [0, 0.05) is 18.2 Å². The fourth-order valence-corrected chi connectivity index (χ4v) is 2.72. The summed E-state index contributed by atoms with van der Waals surface area (Å²) in [6.45, 7) is 6.09. The largest absolute Gasteiger partial charge is 0.353 e. The first-order chi connectivity index (χ1) is 12.5. The number of para-hydroxylation sites is 1. The van der Waals surface area contributed by atoms with E-state index < -0.39 is 0 Å². The second-order valence-electron chi connectivity index (χ2n) is 6.17. The summed E-state index contributed by atoms with van der Waals surface area (Å²) in [7, 11) is 0. The molecular formula is C19H19ClN6. The standard InChI is InChI=1S/C19H19ClN6/c1-12(2)26-19(8-13(3)25-26)24-18-9-17(15(20)11-22-18)23-16-7-5-4-6-14(16)10-21/h4-9,11-12H,1-3H3,(H2,22,23,24). The number of aromatic nitrogens is 3. The van der Waals surface area contributed by atoms with Gasteiger partial charge in [0.25, 0.3) is 0 Å². The lowest BCUT2D eigenvalue weighted by molar-refractivity contribution is 0.536. The minimum Gasteiger partial charge on any atom is -0.353 e. The number of hydrogen-bond acceptors (Lipinski definition) is 5. The number of hydrogen-bond donors (Lipinski definition) is 2. The van der Waals surface area contributed by atoms with Gasteiger partial charge in [-0.25, -0.2) is 9.67 Å². The van der Waals surface area contributed by atoms with E-state index in [2.05, 4.69) is 40.6 Å². The van der Waals surface area contributed by atoms with Gasteiger partial charge in [-0.1, -0.05) is 23.7 Å². The second kappa shape index (κ2) is 7.46. The summed E-state index contributed by atoms with van der Waals surface area (Å²) in [5, 5.41) is 20.7. The van der Waals surface area contributed by atoms with Crippen LogP contribution in [-0.4, -0.2) is 14.8 Å². The molecule has 0 bridgehead atoms. The molecule has 0 saturated carbocycles. The van der Waals surface area contributed by atoms with Crippen LogP contribution in [0.25, 0.3) is 0 Å². The van der Waals surface area contributed by atoms with Crippen molar-refractivity contribution < 1.29 is 0 Å². The van der Waals surface area contributed by atoms with Gasteiger partial charge in [0.15, 0.2) is 0 Å². The van der Waals surface area contributed by atoms with Crippen LogP contribution in [0.1, 0.15) is 31.1 Å². The van der Waals surface area contributed by atoms with Crippen LogP contribution in [0.3, 0.4) is 0 Å². The molecule has 0 aliphatic heterocycles. The summed E-state index contributed by atoms with van der Waals surface area (Å²) in [4.78, 5) is 4.34. The monoisotopic (exact) mass is 366 g/mol. The summed E-state index contributed by atoms with van der Waals surface area (Å²) in [5.74, 6) is 1.49. The van der Waals surface area contributed by atoms with Crippen LogP contribution < -0.4 is 10.6 Å². The van der Waals surface area contributed by atoms with Crippen LogP contribution in [0.4, 0.5) is 23.0 Å². The number of nitriles is 1. The smallest absolute Gasteiger partial charge is 0.133 e. The van der Waals surface area contributed by atoms with E-state index in [4.69, 9.17) is 11.6 Å². The molecule has 2 aromatic heterocycles. The number of anilines is 4. The molecule has 0 saturated heterocycles. The zero-order chi connectivity index (χ0) is 18.7. The molecule has 0 atom stereocenters. The fourth-order valence-electron chi connectivity index (χ4n) is 2.57. The maximum atomic E-state index is 9.24. The van der Waals surface area contributed by atoms with Crippen LogP contribution in [0.5, 0.6) is 0 Å². The van der Waals surface area contributed by atoms with Gasteiger partial charge in [-0.3, -0.25) is 0 Å². The van der Waals surface area contributed by atoms with E-state index in [1.165, 1.54) is 0 Å². The Morgan fingerprint density at radius 3 is 2.65 bits per heavy atom. The van der Waals surface area contributed by atoms with Crippen molar-refractivity contribution in [2.24, 2.45) is 0 Å². The third kappa shape index (κ3) is 3.79. The summed E-state index contributed by atoms with van der Waals surface area (Å²) in [6.07, 6.45) is 1.57. The van der Waals surface area contributed by atoms with Gasteiger partial charge in [0.05, 0.1) is 33.9 Å². The summed E-state index contributed by atoms with van der Waals surface area (Å²) in [6, 6.07) is 13.4. The number of benzene rings is 1. The van der Waals surface area contributed by atoms with Crippen LogP contribution in [0, 0.1) is 18.3 Å². The average Bonchev–Trinajstić information content (AvgIpc) is 2.99. The SMILES string of the molecule is Cc1cc(Nc2cc(Nc3ccccc3C#N)c(Cl)cn2)n(C(C)C)n1. The lowest BCUT2D eigenvalue weighted by Gasteiger charge is -2.14. The van der Waals surface area contributed by atoms with Crippen LogP contribution in [0.15, 0.2) is 42.6 Å². The fraction of sp³-hybridized carbons (Fsp3) is 0.211. The highest BCUT2D eigenvalue weighted by atomic mass is 35.5. The number of rotatable bonds is 5. The van der Waals surface area contributed by atoms with Gasteiger partial charge in [-0.15, -0.1) is 0 Å². The molecule has 26 heavy (non-hydrogen) atoms. The molecule has 1 aromatic carbocycles. The van der Waals surface area contributed by atoms with E-state index in [9.17, 15) is 5.26 Å². The van der Waals surface area contributed by atoms with Gasteiger partial charge >= 0.3 is 0 Å². The first-order valence-electron chi connectivity index (χ1n) is 8.23. The molecular weight excluding hydrogens is 348 g/mol. The number of pyridine rings is 1. The van der Waals surface area contributed by atoms with Crippen molar-refractivity contribution in [1.82, 2.24) is 14.8 Å². The van der Waals surface area contributed by atoms with Crippen molar-refractivity contribution in [1.29, 1.82) is 5.26 Å². The molecule has 2 heterocycles. The first kappa shape index (κ1) is 17.8. The minimum absolute atomic E-state index is 0.221. The maximum absolute atomic E-state index is 9.24. The Labute approximate surface area is 157 Å². The number of halogens is 1. The quantitative estimate of drug-likeness (QED) is 0.650. The van der Waals surface area contributed by atoms with E-state index in [1.807, 2.05) is 41.9 Å². The van der Waals surface area contributed by atoms with E-state index in [0.717, 1.165) is 11.5 Å². The highest BCUT2D eigenvalue weighted by Gasteiger charge is 2.11. The van der Waals surface area contributed by atoms with Gasteiger partial charge in [0.2, 0.25) is 0 Å². The zero-order valence-corrected chi connectivity index (χ0v) is 15.5. The van der Waals surface area contributed by atoms with Gasteiger partial charge in [-0.05, 0) is 32.9 Å². The summed E-state index contributed by atoms with van der Waals surface area (Å²) < 4.78 is 1.91. The maximum Gasteiger partial charge on any atom is 0.133 e. The predicted molar refractivity (Wildman–Crippen MR) is 104 cm³/mol. The van der Waals surface area contributed by atoms with E-state index in [0.29, 0.717) is 27.8 Å². The molecule has 2 N–H and O–H groups in total. The van der Waals surface area contributed by atoms with Crippen LogP contribution in [0.2, 0.25) is 5.02 Å². The lowest BCUT2D eigenvalue weighted by atomic mass is 10.2. The molecule has 6 nitrogen and oxygen atoms in total. The molecule has 0 aliphatic carbocycles. The molecule has 0 spiro atoms. The predicted octanol–water partition coefficient (Wildman–Crippen LogP) is 5.18. The van der Waals surface area contributed by atoms with E-state index >= 15 is 0 Å². The Morgan fingerprint density at radius 2 is 1.92 bits per heavy atom. The molecule has 7 heteroatoms. The Kier molecular flexibility index (Phi) is 5.10. The highest BCUT2D eigenvalue weighted by Crippen LogP contribution is 2.30. The topological polar surface area (TPSA) is 78.6 Å². The first-order valence-corrected chi connectivity index (χ1v) is 8.60. The van der Waals surface area contributed by atoms with Crippen molar-refractivity contribution in [3.05, 3.63) is 58.9 Å². The van der Waals surface area contributed by atoms with E-state index in [1.54, 1.807) is 12.3 Å². The second-order valence-corrected chi connectivity index (χ2v) is 6.57. The molecule has 0 radical (unpaired) electrons. The third-order valence-corrected chi connectivity index (χ3v) is 4.08. The van der Waals surface area contributed by atoms with Crippen LogP contribution in [-0.2, 0) is 0 Å². The molecule has 0 aliphatic rings. The molecule has 0 fully saturated rings. The lowest BCUT2D eigenvalue weighted by Crippen LogP contribution is -2.08. The highest BCUT2D eigenvalue weighted by molar-refractivity contribution is 6.33. The third-order valence-electron chi connectivity index (χ3n) is 3.78. The molecule has 0 unspecified atom stereocenters.